The number of nitrogens with zero attached hydrogens (tertiary/aromatic N) is 3. The van der Waals surface area contributed by atoms with Gasteiger partial charge in [-0.1, -0.05) is 24.3 Å². The van der Waals surface area contributed by atoms with Gasteiger partial charge in [0.25, 0.3) is 11.8 Å². The van der Waals surface area contributed by atoms with E-state index >= 15 is 0 Å². The van der Waals surface area contributed by atoms with E-state index in [-0.39, 0.29) is 17.7 Å². The van der Waals surface area contributed by atoms with Crippen molar-refractivity contribution < 1.29 is 41.5 Å². The number of alkyl halides is 3. The Kier molecular flexibility index (Phi) is 7.43. The number of ether oxygens (including phenoxy) is 1. The number of imide groups is 1. The molecule has 4 amide bonds. The van der Waals surface area contributed by atoms with Gasteiger partial charge in [0.2, 0.25) is 11.5 Å². The second kappa shape index (κ2) is 10.9. The van der Waals surface area contributed by atoms with Crippen LogP contribution in [0.5, 0.6) is 0 Å². The maximum Gasteiger partial charge on any atom is 0.418 e. The van der Waals surface area contributed by atoms with Crippen molar-refractivity contribution in [3.05, 3.63) is 95.1 Å². The summed E-state index contributed by atoms with van der Waals surface area (Å²) in [6.45, 7) is -0.725. The van der Waals surface area contributed by atoms with Crippen molar-refractivity contribution in [3.63, 3.8) is 0 Å². The molecule has 1 aliphatic heterocycles. The summed E-state index contributed by atoms with van der Waals surface area (Å²) in [6, 6.07) is 11.9. The Labute approximate surface area is 237 Å². The van der Waals surface area contributed by atoms with Gasteiger partial charge >= 0.3 is 12.3 Å². The lowest BCUT2D eigenvalue weighted by Gasteiger charge is -2.31. The molecule has 0 bridgehead atoms. The fraction of sp³-hybridized carbons (Fsp3) is 0.276. The third-order valence-corrected chi connectivity index (χ3v) is 7.34. The van der Waals surface area contributed by atoms with Crippen molar-refractivity contribution in [2.24, 2.45) is 0 Å². The van der Waals surface area contributed by atoms with Crippen molar-refractivity contribution in [3.8, 4) is 0 Å². The van der Waals surface area contributed by atoms with Crippen LogP contribution < -0.4 is 5.32 Å². The highest BCUT2D eigenvalue weighted by Crippen LogP contribution is 2.46. The molecule has 218 valence electrons. The molecule has 1 aromatic heterocycles. The number of pyridine rings is 1. The van der Waals surface area contributed by atoms with Gasteiger partial charge in [-0.25, -0.2) is 14.1 Å². The zero-order valence-electron chi connectivity index (χ0n) is 22.2. The van der Waals surface area contributed by atoms with Crippen LogP contribution in [0.1, 0.15) is 40.5 Å². The molecule has 42 heavy (non-hydrogen) atoms. The van der Waals surface area contributed by atoms with Crippen LogP contribution in [-0.4, -0.2) is 57.4 Å². The van der Waals surface area contributed by atoms with Crippen LogP contribution >= 0.6 is 0 Å². The molecule has 1 saturated heterocycles. The number of carbonyl (C=O) groups excluding carboxylic acids is 4. The van der Waals surface area contributed by atoms with Crippen LogP contribution in [0.2, 0.25) is 0 Å². The van der Waals surface area contributed by atoms with Gasteiger partial charge in [0, 0.05) is 30.4 Å². The highest BCUT2D eigenvalue weighted by molar-refractivity contribution is 6.07. The molecular weight excluding hydrogens is 560 g/mol. The molecule has 0 unspecified atom stereocenters. The standard InChI is InChI=1S/C29H24F4N4O5/c1-17(29(31,32)33)36(15-18-5-7-20(30)8-6-18)24(38)16-37-26(40)28(42-27(37)41)12-11-19-14-21(9-10-22(19)28)35-25(39)23-4-2-3-13-34-23/h2-10,13-14,17H,11-12,15-16H2,1H3,(H,35,39)/t17-,28+/m0/s1. The van der Waals surface area contributed by atoms with Crippen molar-refractivity contribution in [2.75, 3.05) is 11.9 Å². The lowest BCUT2D eigenvalue weighted by atomic mass is 9.94. The summed E-state index contributed by atoms with van der Waals surface area (Å²) in [4.78, 5) is 57.0. The topological polar surface area (TPSA) is 109 Å². The zero-order valence-corrected chi connectivity index (χ0v) is 22.2. The lowest BCUT2D eigenvalue weighted by Crippen LogP contribution is -2.51. The zero-order chi connectivity index (χ0) is 30.2. The molecule has 1 aliphatic carbocycles. The number of benzene rings is 2. The number of aryl methyl sites for hydroxylation is 1. The van der Waals surface area contributed by atoms with Crippen LogP contribution in [0.15, 0.2) is 66.9 Å². The number of amides is 4. The van der Waals surface area contributed by atoms with Gasteiger partial charge in [0.1, 0.15) is 24.1 Å². The SMILES string of the molecule is C[C@H](N(Cc1ccc(F)cc1)C(=O)CN1C(=O)O[C@@]2(CCc3cc(NC(=O)c4ccccn4)ccc32)C1=O)C(F)(F)F. The summed E-state index contributed by atoms with van der Waals surface area (Å²) in [5.74, 6) is -3.06. The maximum atomic E-state index is 13.7. The highest BCUT2D eigenvalue weighted by atomic mass is 19.4. The second-order valence-electron chi connectivity index (χ2n) is 9.99. The van der Waals surface area contributed by atoms with Crippen molar-refractivity contribution >= 4 is 29.5 Å². The summed E-state index contributed by atoms with van der Waals surface area (Å²) in [7, 11) is 0. The van der Waals surface area contributed by atoms with E-state index in [1.165, 1.54) is 30.5 Å². The first-order valence-corrected chi connectivity index (χ1v) is 12.9. The first-order chi connectivity index (χ1) is 19.9. The van der Waals surface area contributed by atoms with Crippen molar-refractivity contribution in [1.29, 1.82) is 0 Å². The van der Waals surface area contributed by atoms with E-state index in [0.717, 1.165) is 19.1 Å². The number of rotatable bonds is 7. The quantitative estimate of drug-likeness (QED) is 0.408. The van der Waals surface area contributed by atoms with Gasteiger partial charge < -0.3 is 15.0 Å². The smallest absolute Gasteiger partial charge is 0.418 e. The molecule has 0 radical (unpaired) electrons. The molecule has 3 aromatic rings. The Balaban J connectivity index is 1.34. The van der Waals surface area contributed by atoms with E-state index in [1.54, 1.807) is 24.3 Å². The minimum Gasteiger partial charge on any atom is -0.427 e. The molecule has 5 rings (SSSR count). The first kappa shape index (κ1) is 28.7. The predicted molar refractivity (Wildman–Crippen MR) is 139 cm³/mol. The normalized spacial score (nSPS) is 18.5. The Bertz CT molecular complexity index is 1550. The third kappa shape index (κ3) is 5.41. The third-order valence-electron chi connectivity index (χ3n) is 7.34. The Hall–Kier alpha value is -4.81. The number of anilines is 1. The van der Waals surface area contributed by atoms with E-state index in [9.17, 15) is 36.7 Å². The van der Waals surface area contributed by atoms with Crippen LogP contribution in [-0.2, 0) is 32.9 Å². The lowest BCUT2D eigenvalue weighted by molar-refractivity contribution is -0.187. The van der Waals surface area contributed by atoms with Crippen LogP contribution in [0, 0.1) is 5.82 Å². The largest absolute Gasteiger partial charge is 0.427 e. The van der Waals surface area contributed by atoms with Crippen LogP contribution in [0.3, 0.4) is 0 Å². The Morgan fingerprint density at radius 2 is 1.86 bits per heavy atom. The molecule has 1 N–H and O–H groups in total. The molecule has 9 nitrogen and oxygen atoms in total. The highest BCUT2D eigenvalue weighted by Gasteiger charge is 2.58. The number of halogens is 4. The fourth-order valence-electron chi connectivity index (χ4n) is 5.05. The molecule has 2 heterocycles. The van der Waals surface area contributed by atoms with E-state index < -0.39 is 60.5 Å². The monoisotopic (exact) mass is 584 g/mol. The van der Waals surface area contributed by atoms with Gasteiger partial charge in [-0.05, 0) is 60.9 Å². The van der Waals surface area contributed by atoms with Gasteiger partial charge in [-0.2, -0.15) is 13.2 Å². The van der Waals surface area contributed by atoms with Gasteiger partial charge in [0.05, 0.1) is 0 Å². The average molecular weight is 585 g/mol. The summed E-state index contributed by atoms with van der Waals surface area (Å²) < 4.78 is 59.8. The van der Waals surface area contributed by atoms with Crippen molar-refractivity contribution in [1.82, 2.24) is 14.8 Å². The minimum atomic E-state index is -4.81. The maximum absolute atomic E-state index is 13.7. The molecule has 1 spiro atoms. The molecular formula is C29H24F4N4O5. The number of nitrogens with one attached hydrogen (secondary N) is 1. The van der Waals surface area contributed by atoms with Crippen molar-refractivity contribution in [2.45, 2.75) is 44.1 Å². The molecule has 1 fully saturated rings. The molecule has 0 saturated carbocycles. The summed E-state index contributed by atoms with van der Waals surface area (Å²) in [5.41, 5.74) is 0.0765. The average Bonchev–Trinajstić information content (AvgIpc) is 3.43. The number of carbonyl (C=O) groups is 4. The minimum absolute atomic E-state index is 0.0491. The number of hydrogen-bond acceptors (Lipinski definition) is 6. The van der Waals surface area contributed by atoms with Gasteiger partial charge in [0.15, 0.2) is 0 Å². The number of aromatic nitrogens is 1. The molecule has 2 atom stereocenters. The van der Waals surface area contributed by atoms with Crippen LogP contribution in [0.4, 0.5) is 28.0 Å². The van der Waals surface area contributed by atoms with Crippen LogP contribution in [0.25, 0.3) is 0 Å². The Morgan fingerprint density at radius 1 is 1.12 bits per heavy atom. The van der Waals surface area contributed by atoms with E-state index in [1.807, 2.05) is 0 Å². The van der Waals surface area contributed by atoms with Gasteiger partial charge in [-0.3, -0.25) is 19.4 Å². The fourth-order valence-corrected chi connectivity index (χ4v) is 5.05. The Morgan fingerprint density at radius 3 is 2.52 bits per heavy atom. The van der Waals surface area contributed by atoms with E-state index in [4.69, 9.17) is 4.74 Å². The van der Waals surface area contributed by atoms with E-state index in [0.29, 0.717) is 33.0 Å². The van der Waals surface area contributed by atoms with Gasteiger partial charge in [-0.15, -0.1) is 0 Å². The first-order valence-electron chi connectivity index (χ1n) is 12.9. The number of hydrogen-bond donors (Lipinski definition) is 1. The summed E-state index contributed by atoms with van der Waals surface area (Å²) in [5, 5.41) is 2.71. The summed E-state index contributed by atoms with van der Waals surface area (Å²) in [6.07, 6.45) is -4.14. The predicted octanol–water partition coefficient (Wildman–Crippen LogP) is 4.57. The number of fused-ring (bicyclic) bond motifs is 2. The molecule has 13 heteroatoms. The molecule has 2 aromatic carbocycles. The summed E-state index contributed by atoms with van der Waals surface area (Å²) >= 11 is 0. The second-order valence-corrected chi connectivity index (χ2v) is 9.99. The molecule has 2 aliphatic rings. The van der Waals surface area contributed by atoms with E-state index in [2.05, 4.69) is 10.3 Å².